The summed E-state index contributed by atoms with van der Waals surface area (Å²) in [6.07, 6.45) is 0. The minimum atomic E-state index is -1.88. The van der Waals surface area contributed by atoms with Gasteiger partial charge in [-0.25, -0.2) is 14.8 Å². The van der Waals surface area contributed by atoms with Crippen LogP contribution in [0.25, 0.3) is 20.2 Å². The van der Waals surface area contributed by atoms with Gasteiger partial charge in [-0.2, -0.15) is 0 Å². The van der Waals surface area contributed by atoms with Crippen molar-refractivity contribution in [2.45, 2.75) is 45.8 Å². The number of fused-ring (bicyclic) bond motifs is 1. The van der Waals surface area contributed by atoms with Gasteiger partial charge in [-0.05, 0) is 43.3 Å². The summed E-state index contributed by atoms with van der Waals surface area (Å²) in [7, 11) is -1.88. The molecular formula is C19H24N2O3S2Si. The second-order valence-electron chi connectivity index (χ2n) is 7.77. The smallest absolute Gasteiger partial charge is 0.357 e. The average Bonchev–Trinajstić information content (AvgIpc) is 3.20. The Kier molecular flexibility index (Phi) is 5.42. The van der Waals surface area contributed by atoms with Gasteiger partial charge in [-0.15, -0.1) is 22.7 Å². The molecule has 0 spiro atoms. The molecule has 27 heavy (non-hydrogen) atoms. The zero-order chi connectivity index (χ0) is 19.8. The summed E-state index contributed by atoms with van der Waals surface area (Å²) in [6.45, 7) is 13.3. The highest BCUT2D eigenvalue weighted by Crippen LogP contribution is 2.39. The van der Waals surface area contributed by atoms with Crippen molar-refractivity contribution in [1.82, 2.24) is 9.97 Å². The van der Waals surface area contributed by atoms with E-state index in [9.17, 15) is 4.79 Å². The maximum Gasteiger partial charge on any atom is 0.357 e. The summed E-state index contributed by atoms with van der Waals surface area (Å²) in [5.74, 6) is 0.488. The molecule has 0 aliphatic carbocycles. The van der Waals surface area contributed by atoms with Crippen molar-refractivity contribution in [1.29, 1.82) is 0 Å². The Morgan fingerprint density at radius 1 is 1.19 bits per heavy atom. The first-order valence-electron chi connectivity index (χ1n) is 8.83. The Morgan fingerprint density at radius 3 is 2.59 bits per heavy atom. The molecule has 0 saturated carbocycles. The maximum atomic E-state index is 11.8. The molecule has 0 bridgehead atoms. The lowest BCUT2D eigenvalue weighted by Crippen LogP contribution is -2.43. The van der Waals surface area contributed by atoms with Gasteiger partial charge in [-0.3, -0.25) is 0 Å². The summed E-state index contributed by atoms with van der Waals surface area (Å²) in [5, 5.41) is 3.39. The van der Waals surface area contributed by atoms with E-state index in [0.29, 0.717) is 12.3 Å². The molecule has 0 aliphatic heterocycles. The van der Waals surface area contributed by atoms with Crippen LogP contribution in [0.4, 0.5) is 0 Å². The van der Waals surface area contributed by atoms with Gasteiger partial charge < -0.3 is 9.16 Å². The van der Waals surface area contributed by atoms with E-state index in [2.05, 4.69) is 49.9 Å². The van der Waals surface area contributed by atoms with Gasteiger partial charge in [-0.1, -0.05) is 20.8 Å². The van der Waals surface area contributed by atoms with Crippen LogP contribution in [0.1, 0.15) is 38.2 Å². The number of esters is 1. The van der Waals surface area contributed by atoms with E-state index < -0.39 is 14.3 Å². The molecule has 0 unspecified atom stereocenters. The predicted molar refractivity (Wildman–Crippen MR) is 115 cm³/mol. The van der Waals surface area contributed by atoms with Crippen molar-refractivity contribution in [3.8, 4) is 15.8 Å². The monoisotopic (exact) mass is 420 g/mol. The second-order valence-corrected chi connectivity index (χ2v) is 14.4. The van der Waals surface area contributed by atoms with Crippen molar-refractivity contribution in [3.63, 3.8) is 0 Å². The van der Waals surface area contributed by atoms with E-state index in [1.165, 1.54) is 11.3 Å². The van der Waals surface area contributed by atoms with Crippen LogP contribution in [0.3, 0.4) is 0 Å². The summed E-state index contributed by atoms with van der Waals surface area (Å²) < 4.78 is 12.4. The number of carbonyl (C=O) groups is 1. The number of carbonyl (C=O) groups excluding carboxylic acids is 1. The predicted octanol–water partition coefficient (Wildman–Crippen LogP) is 5.98. The molecule has 1 aromatic carbocycles. The zero-order valence-electron chi connectivity index (χ0n) is 16.5. The quantitative estimate of drug-likeness (QED) is 0.375. The van der Waals surface area contributed by atoms with Crippen LogP contribution in [0.2, 0.25) is 18.1 Å². The highest BCUT2D eigenvalue weighted by atomic mass is 32.1. The lowest BCUT2D eigenvalue weighted by atomic mass is 10.2. The molecule has 0 amide bonds. The summed E-state index contributed by atoms with van der Waals surface area (Å²) in [5.41, 5.74) is 1.24. The van der Waals surface area contributed by atoms with Crippen LogP contribution in [0.5, 0.6) is 5.75 Å². The minimum Gasteiger partial charge on any atom is -0.543 e. The molecule has 0 N–H and O–H groups in total. The number of hydrogen-bond acceptors (Lipinski definition) is 7. The molecule has 0 aliphatic rings. The van der Waals surface area contributed by atoms with Crippen molar-refractivity contribution in [2.75, 3.05) is 6.61 Å². The van der Waals surface area contributed by atoms with E-state index >= 15 is 0 Å². The molecule has 0 fully saturated rings. The third-order valence-corrected chi connectivity index (χ3v) is 11.1. The zero-order valence-corrected chi connectivity index (χ0v) is 19.1. The molecule has 2 aromatic heterocycles. The number of thiazole rings is 2. The van der Waals surface area contributed by atoms with Gasteiger partial charge in [0.1, 0.15) is 5.75 Å². The van der Waals surface area contributed by atoms with Gasteiger partial charge in [0.25, 0.3) is 0 Å². The van der Waals surface area contributed by atoms with Crippen molar-refractivity contribution < 1.29 is 14.0 Å². The standard InChI is InChI=1S/C19H24N2O3S2Si/c1-7-23-18(22)14-11-25-16(21-14)17-20-13-9-8-12(10-15(13)26-17)24-27(5,6)19(2,3)4/h8-11H,7H2,1-6H3. The molecule has 0 radical (unpaired) electrons. The summed E-state index contributed by atoms with van der Waals surface area (Å²) in [6, 6.07) is 6.02. The molecule has 2 heterocycles. The lowest BCUT2D eigenvalue weighted by molar-refractivity contribution is 0.0520. The van der Waals surface area contributed by atoms with Crippen molar-refractivity contribution in [2.24, 2.45) is 0 Å². The summed E-state index contributed by atoms with van der Waals surface area (Å²) >= 11 is 2.96. The highest BCUT2D eigenvalue weighted by Gasteiger charge is 2.39. The third kappa shape index (κ3) is 4.22. The van der Waals surface area contributed by atoms with Gasteiger partial charge in [0.15, 0.2) is 15.7 Å². The Balaban J connectivity index is 1.87. The third-order valence-electron chi connectivity index (χ3n) is 4.71. The van der Waals surface area contributed by atoms with Crippen LogP contribution in [0, 0.1) is 0 Å². The minimum absolute atomic E-state index is 0.144. The number of rotatable bonds is 5. The van der Waals surface area contributed by atoms with Crippen LogP contribution < -0.4 is 4.43 Å². The van der Waals surface area contributed by atoms with Crippen molar-refractivity contribution in [3.05, 3.63) is 29.3 Å². The number of hydrogen-bond donors (Lipinski definition) is 0. The Bertz CT molecular complexity index is 973. The lowest BCUT2D eigenvalue weighted by Gasteiger charge is -2.36. The Labute approximate surface area is 168 Å². The van der Waals surface area contributed by atoms with Crippen molar-refractivity contribution >= 4 is 47.2 Å². The SMILES string of the molecule is CCOC(=O)c1csc(-c2nc3ccc(O[Si](C)(C)C(C)(C)C)cc3s2)n1. The molecule has 5 nitrogen and oxygen atoms in total. The molecule has 0 saturated heterocycles. The molecule has 0 atom stereocenters. The molecule has 3 aromatic rings. The fraction of sp³-hybridized carbons (Fsp3) is 0.421. The van der Waals surface area contributed by atoms with Gasteiger partial charge in [0.2, 0.25) is 8.32 Å². The number of aromatic nitrogens is 2. The van der Waals surface area contributed by atoms with Crippen LogP contribution in [-0.4, -0.2) is 30.9 Å². The fourth-order valence-corrected chi connectivity index (χ4v) is 5.02. The van der Waals surface area contributed by atoms with Gasteiger partial charge in [0.05, 0.1) is 16.8 Å². The van der Waals surface area contributed by atoms with Gasteiger partial charge >= 0.3 is 5.97 Å². The largest absolute Gasteiger partial charge is 0.543 e. The first kappa shape index (κ1) is 20.0. The Morgan fingerprint density at radius 2 is 1.93 bits per heavy atom. The number of ether oxygens (including phenoxy) is 1. The first-order chi connectivity index (χ1) is 12.6. The number of nitrogens with zero attached hydrogens (tertiary/aromatic N) is 2. The van der Waals surface area contributed by atoms with Crippen LogP contribution >= 0.6 is 22.7 Å². The number of benzene rings is 1. The molecule has 144 valence electrons. The average molecular weight is 421 g/mol. The maximum absolute atomic E-state index is 11.8. The molecular weight excluding hydrogens is 396 g/mol. The fourth-order valence-electron chi connectivity index (χ4n) is 2.18. The van der Waals surface area contributed by atoms with Gasteiger partial charge in [0, 0.05) is 5.38 Å². The first-order valence-corrected chi connectivity index (χ1v) is 13.4. The van der Waals surface area contributed by atoms with Crippen LogP contribution in [0.15, 0.2) is 23.6 Å². The van der Waals surface area contributed by atoms with E-state index in [1.54, 1.807) is 23.6 Å². The van der Waals surface area contributed by atoms with E-state index in [-0.39, 0.29) is 5.04 Å². The normalized spacial score (nSPS) is 12.4. The highest BCUT2D eigenvalue weighted by molar-refractivity contribution is 7.25. The molecule has 8 heteroatoms. The second kappa shape index (κ2) is 7.33. The Hall–Kier alpha value is -1.77. The van der Waals surface area contributed by atoms with Crippen LogP contribution in [-0.2, 0) is 4.74 Å². The summed E-state index contributed by atoms with van der Waals surface area (Å²) in [4.78, 5) is 20.8. The topological polar surface area (TPSA) is 61.3 Å². The van der Waals surface area contributed by atoms with E-state index in [0.717, 1.165) is 26.0 Å². The van der Waals surface area contributed by atoms with E-state index in [4.69, 9.17) is 9.16 Å². The molecule has 3 rings (SSSR count). The van der Waals surface area contributed by atoms with E-state index in [1.807, 2.05) is 12.1 Å².